The van der Waals surface area contributed by atoms with Crippen molar-refractivity contribution >= 4 is 11.3 Å². The first kappa shape index (κ1) is 12.0. The highest BCUT2D eigenvalue weighted by molar-refractivity contribution is 7.09. The summed E-state index contributed by atoms with van der Waals surface area (Å²) in [7, 11) is 1.76. The van der Waals surface area contributed by atoms with Crippen molar-refractivity contribution in [2.45, 2.75) is 45.4 Å². The van der Waals surface area contributed by atoms with Crippen LogP contribution in [0.4, 0.5) is 0 Å². The van der Waals surface area contributed by atoms with Crippen LogP contribution in [0.15, 0.2) is 5.38 Å². The van der Waals surface area contributed by atoms with Gasteiger partial charge in [0.2, 0.25) is 0 Å². The third-order valence-corrected chi connectivity index (χ3v) is 3.78. The molecule has 1 heterocycles. The molecular formula is C12H20N2OS. The molecule has 0 aromatic carbocycles. The van der Waals surface area contributed by atoms with Crippen LogP contribution in [0.1, 0.15) is 43.5 Å². The normalized spacial score (nSPS) is 18.0. The molecule has 1 fully saturated rings. The smallest absolute Gasteiger partial charge is 0.122 e. The number of nitrogens with zero attached hydrogens (tertiary/aromatic N) is 1. The Bertz CT molecular complexity index is 334. The number of ether oxygens (including phenoxy) is 1. The molecule has 16 heavy (non-hydrogen) atoms. The van der Waals surface area contributed by atoms with Gasteiger partial charge in [-0.25, -0.2) is 4.98 Å². The summed E-state index contributed by atoms with van der Waals surface area (Å²) in [6, 6.07) is 0.744. The van der Waals surface area contributed by atoms with Gasteiger partial charge in [-0.2, -0.15) is 0 Å². The van der Waals surface area contributed by atoms with Gasteiger partial charge in [0.15, 0.2) is 0 Å². The van der Waals surface area contributed by atoms with E-state index in [-0.39, 0.29) is 6.10 Å². The SMILES string of the molecule is COC(c1nc(CNC2CC2)cs1)C(C)C. The molecule has 90 valence electrons. The van der Waals surface area contributed by atoms with Gasteiger partial charge < -0.3 is 10.1 Å². The number of hydrogen-bond donors (Lipinski definition) is 1. The first-order valence-electron chi connectivity index (χ1n) is 5.91. The van der Waals surface area contributed by atoms with E-state index in [1.165, 1.54) is 12.8 Å². The van der Waals surface area contributed by atoms with Gasteiger partial charge in [-0.1, -0.05) is 13.8 Å². The number of nitrogens with one attached hydrogen (secondary N) is 1. The Labute approximate surface area is 101 Å². The lowest BCUT2D eigenvalue weighted by atomic mass is 10.1. The summed E-state index contributed by atoms with van der Waals surface area (Å²) in [6.07, 6.45) is 2.78. The molecule has 1 saturated carbocycles. The summed E-state index contributed by atoms with van der Waals surface area (Å²) in [5.41, 5.74) is 1.15. The Morgan fingerprint density at radius 1 is 1.56 bits per heavy atom. The van der Waals surface area contributed by atoms with Crippen molar-refractivity contribution in [3.63, 3.8) is 0 Å². The number of methoxy groups -OCH3 is 1. The van der Waals surface area contributed by atoms with E-state index >= 15 is 0 Å². The summed E-state index contributed by atoms with van der Waals surface area (Å²) in [5.74, 6) is 0.473. The van der Waals surface area contributed by atoms with Gasteiger partial charge in [-0.3, -0.25) is 0 Å². The van der Waals surface area contributed by atoms with Crippen LogP contribution < -0.4 is 5.32 Å². The minimum Gasteiger partial charge on any atom is -0.374 e. The maximum atomic E-state index is 5.48. The van der Waals surface area contributed by atoms with Crippen molar-refractivity contribution in [3.8, 4) is 0 Å². The molecule has 1 aliphatic carbocycles. The van der Waals surface area contributed by atoms with Crippen LogP contribution in [0.3, 0.4) is 0 Å². The van der Waals surface area contributed by atoms with Crippen molar-refractivity contribution < 1.29 is 4.74 Å². The summed E-state index contributed by atoms with van der Waals surface area (Å²) < 4.78 is 5.48. The van der Waals surface area contributed by atoms with Gasteiger partial charge in [0, 0.05) is 25.1 Å². The fourth-order valence-electron chi connectivity index (χ4n) is 1.73. The highest BCUT2D eigenvalue weighted by atomic mass is 32.1. The van der Waals surface area contributed by atoms with Crippen molar-refractivity contribution in [1.29, 1.82) is 0 Å². The van der Waals surface area contributed by atoms with E-state index in [9.17, 15) is 0 Å². The summed E-state index contributed by atoms with van der Waals surface area (Å²) in [6.45, 7) is 5.23. The fourth-order valence-corrected chi connectivity index (χ4v) is 2.79. The number of rotatable bonds is 6. The van der Waals surface area contributed by atoms with Crippen molar-refractivity contribution in [1.82, 2.24) is 10.3 Å². The molecular weight excluding hydrogens is 220 g/mol. The van der Waals surface area contributed by atoms with Crippen LogP contribution in [0, 0.1) is 5.92 Å². The van der Waals surface area contributed by atoms with Gasteiger partial charge in [0.05, 0.1) is 5.69 Å². The average Bonchev–Trinajstić information content (AvgIpc) is 2.96. The van der Waals surface area contributed by atoms with Gasteiger partial charge in [0.1, 0.15) is 11.1 Å². The lowest BCUT2D eigenvalue weighted by molar-refractivity contribution is 0.0643. The average molecular weight is 240 g/mol. The molecule has 0 bridgehead atoms. The molecule has 0 spiro atoms. The standard InChI is InChI=1S/C12H20N2OS/c1-8(2)11(15-3)12-14-10(7-16-12)6-13-9-4-5-9/h7-9,11,13H,4-6H2,1-3H3. The molecule has 3 nitrogen and oxygen atoms in total. The second-order valence-electron chi connectivity index (χ2n) is 4.73. The first-order valence-corrected chi connectivity index (χ1v) is 6.79. The largest absolute Gasteiger partial charge is 0.374 e. The van der Waals surface area contributed by atoms with Crippen molar-refractivity contribution in [2.75, 3.05) is 7.11 Å². The van der Waals surface area contributed by atoms with Crippen LogP contribution >= 0.6 is 11.3 Å². The molecule has 4 heteroatoms. The Morgan fingerprint density at radius 2 is 2.31 bits per heavy atom. The predicted molar refractivity (Wildman–Crippen MR) is 66.6 cm³/mol. The van der Waals surface area contributed by atoms with Gasteiger partial charge >= 0.3 is 0 Å². The van der Waals surface area contributed by atoms with E-state index in [2.05, 4.69) is 29.5 Å². The molecule has 1 atom stereocenters. The summed E-state index contributed by atoms with van der Waals surface area (Å²) in [4.78, 5) is 4.63. The Morgan fingerprint density at radius 3 is 2.88 bits per heavy atom. The monoisotopic (exact) mass is 240 g/mol. The molecule has 0 saturated heterocycles. The number of thiazole rings is 1. The van der Waals surface area contributed by atoms with E-state index in [1.54, 1.807) is 18.4 Å². The summed E-state index contributed by atoms with van der Waals surface area (Å²) >= 11 is 1.71. The van der Waals surface area contributed by atoms with E-state index in [0.717, 1.165) is 23.3 Å². The van der Waals surface area contributed by atoms with E-state index < -0.39 is 0 Å². The zero-order valence-electron chi connectivity index (χ0n) is 10.2. The molecule has 2 rings (SSSR count). The van der Waals surface area contributed by atoms with Crippen LogP contribution in [-0.4, -0.2) is 18.1 Å². The van der Waals surface area contributed by atoms with Crippen molar-refractivity contribution in [2.24, 2.45) is 5.92 Å². The first-order chi connectivity index (χ1) is 7.70. The molecule has 1 aromatic rings. The Hall–Kier alpha value is -0.450. The fraction of sp³-hybridized carbons (Fsp3) is 0.750. The topological polar surface area (TPSA) is 34.1 Å². The van der Waals surface area contributed by atoms with Crippen molar-refractivity contribution in [3.05, 3.63) is 16.1 Å². The minimum absolute atomic E-state index is 0.139. The highest BCUT2D eigenvalue weighted by Gasteiger charge is 2.22. The highest BCUT2D eigenvalue weighted by Crippen LogP contribution is 2.28. The Balaban J connectivity index is 1.93. The van der Waals surface area contributed by atoms with Gasteiger partial charge in [-0.15, -0.1) is 11.3 Å². The zero-order valence-corrected chi connectivity index (χ0v) is 11.0. The van der Waals surface area contributed by atoms with Crippen LogP contribution in [0.5, 0.6) is 0 Å². The lowest BCUT2D eigenvalue weighted by Gasteiger charge is -2.15. The van der Waals surface area contributed by atoms with Crippen LogP contribution in [0.2, 0.25) is 0 Å². The molecule has 1 N–H and O–H groups in total. The second kappa shape index (κ2) is 5.25. The molecule has 1 aromatic heterocycles. The van der Waals surface area contributed by atoms with E-state index in [1.807, 2.05) is 0 Å². The zero-order chi connectivity index (χ0) is 11.5. The number of aromatic nitrogens is 1. The molecule has 1 aliphatic rings. The van der Waals surface area contributed by atoms with Crippen LogP contribution in [0.25, 0.3) is 0 Å². The van der Waals surface area contributed by atoms with Crippen LogP contribution in [-0.2, 0) is 11.3 Å². The van der Waals surface area contributed by atoms with Gasteiger partial charge in [-0.05, 0) is 18.8 Å². The minimum atomic E-state index is 0.139. The summed E-state index contributed by atoms with van der Waals surface area (Å²) in [5, 5.41) is 6.72. The third-order valence-electron chi connectivity index (χ3n) is 2.82. The molecule has 0 aliphatic heterocycles. The maximum Gasteiger partial charge on any atom is 0.122 e. The van der Waals surface area contributed by atoms with E-state index in [4.69, 9.17) is 4.74 Å². The molecule has 0 amide bonds. The Kier molecular flexibility index (Phi) is 3.95. The quantitative estimate of drug-likeness (QED) is 0.830. The lowest BCUT2D eigenvalue weighted by Crippen LogP contribution is -2.16. The predicted octanol–water partition coefficient (Wildman–Crippen LogP) is 2.74. The second-order valence-corrected chi connectivity index (χ2v) is 5.62. The number of hydrogen-bond acceptors (Lipinski definition) is 4. The third kappa shape index (κ3) is 3.03. The molecule has 0 radical (unpaired) electrons. The van der Waals surface area contributed by atoms with Gasteiger partial charge in [0.25, 0.3) is 0 Å². The van der Waals surface area contributed by atoms with E-state index in [0.29, 0.717) is 5.92 Å². The maximum absolute atomic E-state index is 5.48. The molecule has 1 unspecified atom stereocenters.